The van der Waals surface area contributed by atoms with Gasteiger partial charge in [-0.3, -0.25) is 9.10 Å². The van der Waals surface area contributed by atoms with E-state index in [2.05, 4.69) is 4.90 Å². The predicted molar refractivity (Wildman–Crippen MR) is 140 cm³/mol. The topological polar surface area (TPSA) is 79.4 Å². The number of methoxy groups -OCH3 is 2. The maximum Gasteiger partial charge on any atom is 0.264 e. The molecule has 0 aliphatic carbocycles. The molecular formula is C27H31N3O5S. The third-order valence-electron chi connectivity index (χ3n) is 6.30. The predicted octanol–water partition coefficient (Wildman–Crippen LogP) is 3.56. The summed E-state index contributed by atoms with van der Waals surface area (Å²) in [7, 11) is -1.03. The van der Waals surface area contributed by atoms with Crippen LogP contribution >= 0.6 is 0 Å². The van der Waals surface area contributed by atoms with Crippen LogP contribution in [0.3, 0.4) is 0 Å². The molecule has 3 aromatic rings. The highest BCUT2D eigenvalue weighted by Gasteiger charge is 2.31. The molecule has 36 heavy (non-hydrogen) atoms. The second kappa shape index (κ2) is 10.9. The number of nitrogens with zero attached hydrogens (tertiary/aromatic N) is 3. The summed E-state index contributed by atoms with van der Waals surface area (Å²) >= 11 is 0. The molecule has 0 unspecified atom stereocenters. The van der Waals surface area contributed by atoms with Gasteiger partial charge in [0.2, 0.25) is 5.91 Å². The smallest absolute Gasteiger partial charge is 0.264 e. The van der Waals surface area contributed by atoms with Gasteiger partial charge in [0, 0.05) is 37.9 Å². The minimum Gasteiger partial charge on any atom is -0.493 e. The Morgan fingerprint density at radius 2 is 1.50 bits per heavy atom. The zero-order valence-electron chi connectivity index (χ0n) is 20.8. The summed E-state index contributed by atoms with van der Waals surface area (Å²) in [6, 6.07) is 21.5. The van der Waals surface area contributed by atoms with Crippen LogP contribution in [0.2, 0.25) is 0 Å². The molecule has 0 spiro atoms. The van der Waals surface area contributed by atoms with Crippen molar-refractivity contribution in [3.8, 4) is 11.5 Å². The van der Waals surface area contributed by atoms with Crippen molar-refractivity contribution in [3.63, 3.8) is 0 Å². The van der Waals surface area contributed by atoms with E-state index in [0.717, 1.165) is 15.6 Å². The summed E-state index contributed by atoms with van der Waals surface area (Å²) in [6.07, 6.45) is 0. The molecule has 1 aliphatic heterocycles. The molecule has 0 N–H and O–H groups in total. The van der Waals surface area contributed by atoms with E-state index in [-0.39, 0.29) is 17.3 Å². The summed E-state index contributed by atoms with van der Waals surface area (Å²) in [5.74, 6) is 0.591. The molecule has 0 aromatic heterocycles. The molecule has 1 aliphatic rings. The Kier molecular flexibility index (Phi) is 7.69. The first-order valence-corrected chi connectivity index (χ1v) is 13.2. The number of rotatable bonds is 8. The molecule has 1 saturated heterocycles. The fourth-order valence-corrected chi connectivity index (χ4v) is 5.61. The van der Waals surface area contributed by atoms with Gasteiger partial charge in [-0.25, -0.2) is 8.42 Å². The van der Waals surface area contributed by atoms with E-state index in [9.17, 15) is 13.2 Å². The van der Waals surface area contributed by atoms with Crippen LogP contribution in [-0.2, 0) is 14.8 Å². The number of carbonyl (C=O) groups is 1. The quantitative estimate of drug-likeness (QED) is 0.462. The standard InChI is InChI=1S/C27H31N3O5S/c1-21-9-12-24(13-10-21)36(32,33)30(23-11-14-25(34-2)26(19-23)35-3)20-27(31)29-17-15-28(16-18-29)22-7-5-4-6-8-22/h4-14,19H,15-18,20H2,1-3H3. The number of ether oxygens (including phenoxy) is 2. The molecule has 0 atom stereocenters. The highest BCUT2D eigenvalue weighted by molar-refractivity contribution is 7.92. The Bertz CT molecular complexity index is 1290. The zero-order valence-corrected chi connectivity index (χ0v) is 21.6. The highest BCUT2D eigenvalue weighted by atomic mass is 32.2. The maximum absolute atomic E-state index is 13.7. The fourth-order valence-electron chi connectivity index (χ4n) is 4.21. The van der Waals surface area contributed by atoms with Gasteiger partial charge in [-0.15, -0.1) is 0 Å². The van der Waals surface area contributed by atoms with Crippen molar-refractivity contribution in [1.82, 2.24) is 4.90 Å². The maximum atomic E-state index is 13.7. The van der Waals surface area contributed by atoms with Gasteiger partial charge in [-0.1, -0.05) is 35.9 Å². The fraction of sp³-hybridized carbons (Fsp3) is 0.296. The lowest BCUT2D eigenvalue weighted by atomic mass is 10.2. The molecule has 0 radical (unpaired) electrons. The second-order valence-corrected chi connectivity index (χ2v) is 10.4. The molecule has 190 valence electrons. The van der Waals surface area contributed by atoms with Crippen LogP contribution in [0.4, 0.5) is 11.4 Å². The first kappa shape index (κ1) is 25.4. The van der Waals surface area contributed by atoms with Crippen molar-refractivity contribution in [2.45, 2.75) is 11.8 Å². The first-order valence-electron chi connectivity index (χ1n) is 11.7. The van der Waals surface area contributed by atoms with Gasteiger partial charge in [0.15, 0.2) is 11.5 Å². The van der Waals surface area contributed by atoms with Crippen molar-refractivity contribution < 1.29 is 22.7 Å². The zero-order chi connectivity index (χ0) is 25.7. The molecular weight excluding hydrogens is 478 g/mol. The Labute approximate surface area is 212 Å². The van der Waals surface area contributed by atoms with E-state index < -0.39 is 10.0 Å². The van der Waals surface area contributed by atoms with E-state index in [0.29, 0.717) is 43.4 Å². The van der Waals surface area contributed by atoms with E-state index in [1.54, 1.807) is 47.4 Å². The summed E-state index contributed by atoms with van der Waals surface area (Å²) < 4.78 is 39.3. The number of sulfonamides is 1. The van der Waals surface area contributed by atoms with Crippen LogP contribution in [0, 0.1) is 6.92 Å². The van der Waals surface area contributed by atoms with E-state index in [4.69, 9.17) is 9.47 Å². The third-order valence-corrected chi connectivity index (χ3v) is 8.08. The molecule has 8 nitrogen and oxygen atoms in total. The minimum atomic E-state index is -4.02. The van der Waals surface area contributed by atoms with Crippen molar-refractivity contribution in [2.75, 3.05) is 56.1 Å². The number of hydrogen-bond acceptors (Lipinski definition) is 6. The summed E-state index contributed by atoms with van der Waals surface area (Å²) in [6.45, 7) is 3.95. The number of benzene rings is 3. The van der Waals surface area contributed by atoms with Gasteiger partial charge in [-0.05, 0) is 43.3 Å². The normalized spacial score (nSPS) is 13.9. The highest BCUT2D eigenvalue weighted by Crippen LogP contribution is 2.34. The van der Waals surface area contributed by atoms with Crippen LogP contribution in [0.5, 0.6) is 11.5 Å². The van der Waals surface area contributed by atoms with Gasteiger partial charge in [0.1, 0.15) is 6.54 Å². The van der Waals surface area contributed by atoms with Crippen molar-refractivity contribution in [3.05, 3.63) is 78.4 Å². The van der Waals surface area contributed by atoms with E-state index in [1.807, 2.05) is 37.3 Å². The SMILES string of the molecule is COc1ccc(N(CC(=O)N2CCN(c3ccccc3)CC2)S(=O)(=O)c2ccc(C)cc2)cc1OC. The van der Waals surface area contributed by atoms with Crippen LogP contribution in [0.25, 0.3) is 0 Å². The largest absolute Gasteiger partial charge is 0.493 e. The van der Waals surface area contributed by atoms with Gasteiger partial charge in [-0.2, -0.15) is 0 Å². The van der Waals surface area contributed by atoms with Crippen LogP contribution < -0.4 is 18.7 Å². The molecule has 3 aromatic carbocycles. The lowest BCUT2D eigenvalue weighted by Gasteiger charge is -2.37. The molecule has 0 saturated carbocycles. The average molecular weight is 510 g/mol. The number of carbonyl (C=O) groups excluding carboxylic acids is 1. The van der Waals surface area contributed by atoms with Crippen molar-refractivity contribution in [1.29, 1.82) is 0 Å². The monoisotopic (exact) mass is 509 g/mol. The molecule has 1 fully saturated rings. The molecule has 4 rings (SSSR count). The number of anilines is 2. The van der Waals surface area contributed by atoms with E-state index in [1.165, 1.54) is 14.2 Å². The Morgan fingerprint density at radius 3 is 2.11 bits per heavy atom. The van der Waals surface area contributed by atoms with Gasteiger partial charge in [0.05, 0.1) is 24.8 Å². The molecule has 9 heteroatoms. The van der Waals surface area contributed by atoms with Crippen LogP contribution in [0.15, 0.2) is 77.7 Å². The lowest BCUT2D eigenvalue weighted by molar-refractivity contribution is -0.129. The number of para-hydroxylation sites is 1. The summed E-state index contributed by atoms with van der Waals surface area (Å²) in [4.78, 5) is 17.4. The van der Waals surface area contributed by atoms with Crippen LogP contribution in [0.1, 0.15) is 5.56 Å². The number of amides is 1. The molecule has 1 amide bonds. The second-order valence-electron chi connectivity index (χ2n) is 8.57. The summed E-state index contributed by atoms with van der Waals surface area (Å²) in [5.41, 5.74) is 2.38. The Balaban J connectivity index is 1.59. The van der Waals surface area contributed by atoms with Crippen molar-refractivity contribution >= 4 is 27.3 Å². The molecule has 0 bridgehead atoms. The first-order chi connectivity index (χ1) is 17.3. The van der Waals surface area contributed by atoms with E-state index >= 15 is 0 Å². The lowest BCUT2D eigenvalue weighted by Crippen LogP contribution is -2.52. The van der Waals surface area contributed by atoms with Gasteiger partial charge >= 0.3 is 0 Å². The minimum absolute atomic E-state index is 0.115. The van der Waals surface area contributed by atoms with Gasteiger partial charge in [0.25, 0.3) is 10.0 Å². The average Bonchev–Trinajstić information content (AvgIpc) is 2.92. The Hall–Kier alpha value is -3.72. The molecule has 1 heterocycles. The number of aryl methyl sites for hydroxylation is 1. The van der Waals surface area contributed by atoms with Crippen LogP contribution in [-0.4, -0.2) is 66.2 Å². The third kappa shape index (κ3) is 5.41. The van der Waals surface area contributed by atoms with Crippen molar-refractivity contribution in [2.24, 2.45) is 0 Å². The summed E-state index contributed by atoms with van der Waals surface area (Å²) in [5, 5.41) is 0. The number of piperazine rings is 1. The Morgan fingerprint density at radius 1 is 0.861 bits per heavy atom. The van der Waals surface area contributed by atoms with Gasteiger partial charge < -0.3 is 19.3 Å². The number of hydrogen-bond donors (Lipinski definition) is 0.